The van der Waals surface area contributed by atoms with Crippen molar-refractivity contribution in [2.45, 2.75) is 52.0 Å². The summed E-state index contributed by atoms with van der Waals surface area (Å²) in [7, 11) is 1.71. The predicted octanol–water partition coefficient (Wildman–Crippen LogP) is 5.88. The third-order valence-electron chi connectivity index (χ3n) is 7.22. The van der Waals surface area contributed by atoms with Crippen LogP contribution in [0, 0.1) is 12.8 Å². The number of nitrogens with zero attached hydrogens (tertiary/aromatic N) is 2. The minimum atomic E-state index is 0.228. The second kappa shape index (κ2) is 10.6. The summed E-state index contributed by atoms with van der Waals surface area (Å²) < 4.78 is 16.5. The molecule has 1 aliphatic carbocycles. The maximum absolute atomic E-state index is 13.5. The van der Waals surface area contributed by atoms with E-state index in [2.05, 4.69) is 25.1 Å². The molecule has 1 saturated carbocycles. The quantitative estimate of drug-likeness (QED) is 0.362. The topological polar surface area (TPSA) is 60.9 Å². The lowest BCUT2D eigenvalue weighted by Gasteiger charge is -2.26. The van der Waals surface area contributed by atoms with Crippen molar-refractivity contribution in [2.75, 3.05) is 27.1 Å². The number of aromatic nitrogens is 1. The van der Waals surface area contributed by atoms with E-state index in [1.807, 2.05) is 29.2 Å². The van der Waals surface area contributed by atoms with Gasteiger partial charge in [-0.2, -0.15) is 0 Å². The number of carbonyl (C=O) groups excluding carboxylic acids is 1. The first-order chi connectivity index (χ1) is 17.1. The molecule has 1 fully saturated rings. The van der Waals surface area contributed by atoms with Crippen LogP contribution in [0.5, 0.6) is 11.5 Å². The van der Waals surface area contributed by atoms with Gasteiger partial charge in [0, 0.05) is 50.2 Å². The number of ether oxygens (including phenoxy) is 3. The number of benzene rings is 2. The molecule has 0 N–H and O–H groups in total. The van der Waals surface area contributed by atoms with E-state index in [4.69, 9.17) is 19.2 Å². The molecule has 1 aromatic heterocycles. The van der Waals surface area contributed by atoms with Gasteiger partial charge in [-0.3, -0.25) is 4.79 Å². The van der Waals surface area contributed by atoms with E-state index in [0.717, 1.165) is 64.0 Å². The van der Waals surface area contributed by atoms with E-state index < -0.39 is 0 Å². The van der Waals surface area contributed by atoms with Crippen molar-refractivity contribution in [3.05, 3.63) is 53.6 Å². The molecule has 0 saturated heterocycles. The van der Waals surface area contributed by atoms with Crippen LogP contribution in [-0.4, -0.2) is 42.8 Å². The van der Waals surface area contributed by atoms with Crippen LogP contribution in [0.4, 0.5) is 0 Å². The van der Waals surface area contributed by atoms with Crippen LogP contribution in [0.2, 0.25) is 0 Å². The third kappa shape index (κ3) is 5.27. The Hall–Kier alpha value is -3.12. The molecule has 184 valence electrons. The molecule has 2 aromatic carbocycles. The summed E-state index contributed by atoms with van der Waals surface area (Å²) in [6, 6.07) is 14.4. The van der Waals surface area contributed by atoms with E-state index in [-0.39, 0.29) is 12.7 Å². The SMILES string of the molecule is COCCCN(Cc1cc2cc3c(cc2nc1-c1ccccc1C)OCO3)C(=O)CC1CCCC1. The Morgan fingerprint density at radius 3 is 2.66 bits per heavy atom. The van der Waals surface area contributed by atoms with Crippen molar-refractivity contribution in [1.82, 2.24) is 9.88 Å². The van der Waals surface area contributed by atoms with Crippen LogP contribution in [0.1, 0.15) is 49.7 Å². The first-order valence-electron chi connectivity index (χ1n) is 12.7. The highest BCUT2D eigenvalue weighted by Crippen LogP contribution is 2.38. The fraction of sp³-hybridized carbons (Fsp3) is 0.448. The van der Waals surface area contributed by atoms with Gasteiger partial charge in [0.1, 0.15) is 0 Å². The summed E-state index contributed by atoms with van der Waals surface area (Å²) in [4.78, 5) is 20.6. The van der Waals surface area contributed by atoms with E-state index in [9.17, 15) is 4.79 Å². The van der Waals surface area contributed by atoms with Gasteiger partial charge < -0.3 is 19.1 Å². The lowest BCUT2D eigenvalue weighted by Crippen LogP contribution is -2.33. The Balaban J connectivity index is 1.53. The summed E-state index contributed by atoms with van der Waals surface area (Å²) in [5.74, 6) is 2.21. The van der Waals surface area contributed by atoms with Gasteiger partial charge in [-0.1, -0.05) is 37.1 Å². The Morgan fingerprint density at radius 1 is 1.11 bits per heavy atom. The molecule has 5 rings (SSSR count). The van der Waals surface area contributed by atoms with E-state index in [1.165, 1.54) is 12.8 Å². The van der Waals surface area contributed by atoms with Gasteiger partial charge in [0.15, 0.2) is 11.5 Å². The van der Waals surface area contributed by atoms with Crippen molar-refractivity contribution >= 4 is 16.8 Å². The first kappa shape index (κ1) is 23.6. The molecular formula is C29H34N2O4. The molecule has 6 heteroatoms. The monoisotopic (exact) mass is 474 g/mol. The number of rotatable bonds is 9. The van der Waals surface area contributed by atoms with Crippen LogP contribution in [0.25, 0.3) is 22.2 Å². The maximum Gasteiger partial charge on any atom is 0.231 e. The van der Waals surface area contributed by atoms with Crippen molar-refractivity contribution in [2.24, 2.45) is 5.92 Å². The molecule has 6 nitrogen and oxygen atoms in total. The van der Waals surface area contributed by atoms with Crippen LogP contribution in [-0.2, 0) is 16.1 Å². The Morgan fingerprint density at radius 2 is 1.89 bits per heavy atom. The number of aryl methyl sites for hydroxylation is 1. The molecule has 3 aromatic rings. The molecular weight excluding hydrogens is 440 g/mol. The molecule has 35 heavy (non-hydrogen) atoms. The summed E-state index contributed by atoms with van der Waals surface area (Å²) in [6.07, 6.45) is 6.25. The molecule has 0 unspecified atom stereocenters. The Bertz CT molecular complexity index is 1200. The molecule has 2 aliphatic rings. The van der Waals surface area contributed by atoms with Gasteiger partial charge in [0.25, 0.3) is 0 Å². The van der Waals surface area contributed by atoms with Crippen LogP contribution in [0.3, 0.4) is 0 Å². The van der Waals surface area contributed by atoms with Crippen molar-refractivity contribution in [3.63, 3.8) is 0 Å². The Kier molecular flexibility index (Phi) is 7.19. The summed E-state index contributed by atoms with van der Waals surface area (Å²) in [5, 5.41) is 0.988. The van der Waals surface area contributed by atoms with Gasteiger partial charge in [-0.25, -0.2) is 4.98 Å². The molecule has 2 heterocycles. The van der Waals surface area contributed by atoms with Crippen molar-refractivity contribution in [3.8, 4) is 22.8 Å². The van der Waals surface area contributed by atoms with Gasteiger partial charge in [0.2, 0.25) is 12.7 Å². The number of pyridine rings is 1. The fourth-order valence-corrected chi connectivity index (χ4v) is 5.29. The second-order valence-corrected chi connectivity index (χ2v) is 9.73. The van der Waals surface area contributed by atoms with E-state index in [1.54, 1.807) is 7.11 Å². The zero-order valence-electron chi connectivity index (χ0n) is 20.7. The number of hydrogen-bond acceptors (Lipinski definition) is 5. The lowest BCUT2D eigenvalue weighted by molar-refractivity contribution is -0.133. The average Bonchev–Trinajstić information content (AvgIpc) is 3.54. The zero-order valence-corrected chi connectivity index (χ0v) is 20.7. The van der Waals surface area contributed by atoms with Gasteiger partial charge in [-0.05, 0) is 55.4 Å². The summed E-state index contributed by atoms with van der Waals surface area (Å²) in [5.41, 5.74) is 5.06. The number of hydrogen-bond donors (Lipinski definition) is 0. The van der Waals surface area contributed by atoms with Gasteiger partial charge in [-0.15, -0.1) is 0 Å². The number of fused-ring (bicyclic) bond motifs is 2. The highest BCUT2D eigenvalue weighted by atomic mass is 16.7. The fourth-order valence-electron chi connectivity index (χ4n) is 5.29. The van der Waals surface area contributed by atoms with Crippen molar-refractivity contribution < 1.29 is 19.0 Å². The van der Waals surface area contributed by atoms with Crippen LogP contribution >= 0.6 is 0 Å². The minimum absolute atomic E-state index is 0.228. The molecule has 0 atom stereocenters. The van der Waals surface area contributed by atoms with Crippen LogP contribution in [0.15, 0.2) is 42.5 Å². The molecule has 0 radical (unpaired) electrons. The number of carbonyl (C=O) groups is 1. The standard InChI is InChI=1S/C29H34N2O4/c1-20-8-3-6-11-24(20)29-23(15-22-16-26-27(35-19-34-26)17-25(22)30-29)18-31(12-7-13-33-2)28(32)14-21-9-4-5-10-21/h3,6,8,11,15-17,21H,4-5,7,9-10,12-14,18-19H2,1-2H3. The molecule has 1 aliphatic heterocycles. The Labute approximate surface area is 207 Å². The highest BCUT2D eigenvalue weighted by Gasteiger charge is 2.24. The average molecular weight is 475 g/mol. The second-order valence-electron chi connectivity index (χ2n) is 9.73. The molecule has 1 amide bonds. The highest BCUT2D eigenvalue weighted by molar-refractivity contribution is 5.87. The predicted molar refractivity (Wildman–Crippen MR) is 137 cm³/mol. The largest absolute Gasteiger partial charge is 0.454 e. The normalized spacial score (nSPS) is 15.1. The minimum Gasteiger partial charge on any atom is -0.454 e. The maximum atomic E-state index is 13.5. The summed E-state index contributed by atoms with van der Waals surface area (Å²) >= 11 is 0. The number of methoxy groups -OCH3 is 1. The zero-order chi connectivity index (χ0) is 24.2. The molecule has 0 bridgehead atoms. The summed E-state index contributed by atoms with van der Waals surface area (Å²) in [6.45, 7) is 4.16. The van der Waals surface area contributed by atoms with Crippen molar-refractivity contribution in [1.29, 1.82) is 0 Å². The van der Waals surface area contributed by atoms with Gasteiger partial charge in [0.05, 0.1) is 11.2 Å². The molecule has 0 spiro atoms. The first-order valence-corrected chi connectivity index (χ1v) is 12.7. The van der Waals surface area contributed by atoms with E-state index >= 15 is 0 Å². The van der Waals surface area contributed by atoms with Gasteiger partial charge >= 0.3 is 0 Å². The smallest absolute Gasteiger partial charge is 0.231 e. The third-order valence-corrected chi connectivity index (χ3v) is 7.22. The number of amides is 1. The lowest BCUT2D eigenvalue weighted by atomic mass is 9.98. The van der Waals surface area contributed by atoms with Crippen LogP contribution < -0.4 is 9.47 Å². The van der Waals surface area contributed by atoms with E-state index in [0.29, 0.717) is 32.0 Å².